The minimum Gasteiger partial charge on any atom is -0.493 e. The fraction of sp³-hybridized carbons (Fsp3) is 0.143. The zero-order valence-corrected chi connectivity index (χ0v) is 17.0. The first-order valence-electron chi connectivity index (χ1n) is 10.1. The van der Waals surface area contributed by atoms with E-state index < -0.39 is 5.69 Å². The predicted octanol–water partition coefficient (Wildman–Crippen LogP) is 0.904. The summed E-state index contributed by atoms with van der Waals surface area (Å²) >= 11 is 0. The predicted molar refractivity (Wildman–Crippen MR) is 113 cm³/mol. The lowest BCUT2D eigenvalue weighted by atomic mass is 10.1. The molecule has 4 heterocycles. The lowest BCUT2D eigenvalue weighted by Crippen LogP contribution is -2.23. The van der Waals surface area contributed by atoms with Gasteiger partial charge in [0.2, 0.25) is 5.88 Å². The van der Waals surface area contributed by atoms with Crippen molar-refractivity contribution in [2.24, 2.45) is 4.99 Å². The first-order valence-corrected chi connectivity index (χ1v) is 10.1. The molecular weight excluding hydrogens is 428 g/mol. The molecule has 6 rings (SSSR count). The van der Waals surface area contributed by atoms with Crippen molar-refractivity contribution >= 4 is 11.7 Å². The highest BCUT2D eigenvalue weighted by atomic mass is 16.5. The van der Waals surface area contributed by atoms with Crippen molar-refractivity contribution < 1.29 is 14.4 Å². The van der Waals surface area contributed by atoms with Gasteiger partial charge in [-0.2, -0.15) is 19.6 Å². The molecular formula is C21H16N8O4. The Hall–Kier alpha value is -4.74. The van der Waals surface area contributed by atoms with Crippen LogP contribution in [0.1, 0.15) is 18.5 Å². The largest absolute Gasteiger partial charge is 0.493 e. The van der Waals surface area contributed by atoms with E-state index in [0.29, 0.717) is 33.6 Å². The lowest BCUT2D eigenvalue weighted by molar-refractivity contribution is 0.419. The number of benzene rings is 1. The molecule has 1 aliphatic carbocycles. The van der Waals surface area contributed by atoms with Crippen LogP contribution in [0.15, 0.2) is 57.0 Å². The van der Waals surface area contributed by atoms with Crippen LogP contribution in [0.5, 0.6) is 17.6 Å². The number of nitrogens with zero attached hydrogens (tertiary/aromatic N) is 6. The Labute approximate surface area is 183 Å². The Morgan fingerprint density at radius 1 is 1.21 bits per heavy atom. The van der Waals surface area contributed by atoms with Gasteiger partial charge in [-0.1, -0.05) is 17.3 Å². The van der Waals surface area contributed by atoms with Crippen LogP contribution in [0, 0.1) is 0 Å². The van der Waals surface area contributed by atoms with Crippen molar-refractivity contribution in [3.63, 3.8) is 0 Å². The number of hydrogen-bond donors (Lipinski definition) is 3. The summed E-state index contributed by atoms with van der Waals surface area (Å²) in [7, 11) is 0. The van der Waals surface area contributed by atoms with Gasteiger partial charge in [0.05, 0.1) is 24.0 Å². The maximum atomic E-state index is 11.5. The average molecular weight is 444 g/mol. The Morgan fingerprint density at radius 3 is 2.85 bits per heavy atom. The summed E-state index contributed by atoms with van der Waals surface area (Å²) in [5.74, 6) is 0.738. The standard InChI is InChI=1S/C21H16N8O4/c30-18-14(25-20(31)27-18)9-11-10-22-29-17(11)26-21(28-19(29)24-12-5-6-12)32-15-4-2-1-3-13(15)16-7-8-23-33-16/h1-4,7-10,12,30H,5-6H2,(H2,25,27,31)/b11-9-,24-19?. The van der Waals surface area contributed by atoms with E-state index in [-0.39, 0.29) is 23.6 Å². The van der Waals surface area contributed by atoms with Crippen molar-refractivity contribution in [2.45, 2.75) is 18.9 Å². The molecule has 0 aliphatic heterocycles. The van der Waals surface area contributed by atoms with Gasteiger partial charge in [0.1, 0.15) is 11.4 Å². The summed E-state index contributed by atoms with van der Waals surface area (Å²) in [4.78, 5) is 29.9. The third-order valence-electron chi connectivity index (χ3n) is 5.03. The van der Waals surface area contributed by atoms with Gasteiger partial charge in [-0.15, -0.1) is 0 Å². The van der Waals surface area contributed by atoms with E-state index in [2.05, 4.69) is 35.2 Å². The molecule has 1 saturated carbocycles. The second kappa shape index (κ2) is 7.44. The average Bonchev–Trinajstić information content (AvgIpc) is 3.17. The molecule has 4 aromatic heterocycles. The Morgan fingerprint density at radius 2 is 2.09 bits per heavy atom. The first kappa shape index (κ1) is 19.0. The van der Waals surface area contributed by atoms with Crippen LogP contribution < -0.4 is 21.3 Å². The van der Waals surface area contributed by atoms with Crippen LogP contribution in [-0.4, -0.2) is 45.9 Å². The zero-order chi connectivity index (χ0) is 22.4. The van der Waals surface area contributed by atoms with Gasteiger partial charge in [0.15, 0.2) is 11.4 Å². The van der Waals surface area contributed by atoms with Crippen LogP contribution in [-0.2, 0) is 0 Å². The number of fused-ring (bicyclic) bond motifs is 1. The van der Waals surface area contributed by atoms with E-state index in [1.54, 1.807) is 30.6 Å². The van der Waals surface area contributed by atoms with Crippen molar-refractivity contribution in [1.82, 2.24) is 34.7 Å². The van der Waals surface area contributed by atoms with Gasteiger partial charge in [0, 0.05) is 11.3 Å². The van der Waals surface area contributed by atoms with Gasteiger partial charge < -0.3 is 19.4 Å². The normalized spacial score (nSPS) is 14.9. The summed E-state index contributed by atoms with van der Waals surface area (Å²) in [6.07, 6.45) is 6.61. The smallest absolute Gasteiger partial charge is 0.327 e. The molecule has 0 saturated heterocycles. The summed E-state index contributed by atoms with van der Waals surface area (Å²) in [6, 6.07) is 9.27. The lowest BCUT2D eigenvalue weighted by Gasteiger charge is -2.08. The molecule has 0 atom stereocenters. The second-order valence-electron chi connectivity index (χ2n) is 7.46. The topological polar surface area (TPSA) is 160 Å². The number of imidazole rings is 1. The zero-order valence-electron chi connectivity index (χ0n) is 17.0. The summed E-state index contributed by atoms with van der Waals surface area (Å²) < 4.78 is 12.8. The molecule has 12 nitrogen and oxygen atoms in total. The Balaban J connectivity index is 1.51. The van der Waals surface area contributed by atoms with Crippen molar-refractivity contribution in [1.29, 1.82) is 0 Å². The number of rotatable bonds is 5. The quantitative estimate of drug-likeness (QED) is 0.360. The molecule has 5 aromatic rings. The third kappa shape index (κ3) is 3.63. The molecule has 12 heteroatoms. The van der Waals surface area contributed by atoms with Gasteiger partial charge in [-0.05, 0) is 31.1 Å². The van der Waals surface area contributed by atoms with E-state index in [4.69, 9.17) is 9.26 Å². The van der Waals surface area contributed by atoms with Crippen molar-refractivity contribution in [3.8, 4) is 29.0 Å². The number of aromatic hydroxyl groups is 1. The van der Waals surface area contributed by atoms with E-state index in [1.807, 2.05) is 18.2 Å². The molecule has 0 radical (unpaired) electrons. The third-order valence-corrected chi connectivity index (χ3v) is 5.03. The van der Waals surface area contributed by atoms with E-state index >= 15 is 0 Å². The van der Waals surface area contributed by atoms with Crippen LogP contribution in [0.4, 0.5) is 0 Å². The molecule has 3 N–H and O–H groups in total. The monoisotopic (exact) mass is 444 g/mol. The number of hydrogen-bond acceptors (Lipinski definition) is 9. The molecule has 0 unspecified atom stereocenters. The number of aromatic amines is 2. The van der Waals surface area contributed by atoms with E-state index in [1.165, 1.54) is 4.52 Å². The molecule has 1 aromatic carbocycles. The fourth-order valence-corrected chi connectivity index (χ4v) is 3.32. The van der Waals surface area contributed by atoms with Crippen LogP contribution in [0.3, 0.4) is 0 Å². The molecule has 1 aliphatic rings. The van der Waals surface area contributed by atoms with E-state index in [9.17, 15) is 9.90 Å². The second-order valence-corrected chi connectivity index (χ2v) is 7.46. The summed E-state index contributed by atoms with van der Waals surface area (Å²) in [6.45, 7) is 0. The molecule has 1 fully saturated rings. The molecule has 33 heavy (non-hydrogen) atoms. The summed E-state index contributed by atoms with van der Waals surface area (Å²) in [5, 5.41) is 18.5. The maximum Gasteiger partial charge on any atom is 0.327 e. The Kier molecular flexibility index (Phi) is 4.28. The number of nitrogens with one attached hydrogen (secondary N) is 2. The highest BCUT2D eigenvalue weighted by Gasteiger charge is 2.21. The molecule has 0 bridgehead atoms. The van der Waals surface area contributed by atoms with E-state index in [0.717, 1.165) is 12.8 Å². The van der Waals surface area contributed by atoms with Gasteiger partial charge in [0.25, 0.3) is 5.62 Å². The highest BCUT2D eigenvalue weighted by Crippen LogP contribution is 2.31. The SMILES string of the molecule is O=c1[nH]c(O)c(/C=c2/cnn3c(=NC4CC4)nc(Oc4ccccc4-c4ccno4)nc23)[nH]1. The highest BCUT2D eigenvalue weighted by molar-refractivity contribution is 5.65. The maximum absolute atomic E-state index is 11.5. The molecule has 0 spiro atoms. The van der Waals surface area contributed by atoms with Crippen LogP contribution >= 0.6 is 0 Å². The summed E-state index contributed by atoms with van der Waals surface area (Å²) in [5.41, 5.74) is 1.11. The van der Waals surface area contributed by atoms with Gasteiger partial charge in [-0.3, -0.25) is 4.98 Å². The van der Waals surface area contributed by atoms with Crippen LogP contribution in [0.2, 0.25) is 0 Å². The molecule has 0 amide bonds. The molecule has 164 valence electrons. The van der Waals surface area contributed by atoms with Crippen LogP contribution in [0.25, 0.3) is 23.0 Å². The fourth-order valence-electron chi connectivity index (χ4n) is 3.32. The van der Waals surface area contributed by atoms with Gasteiger partial charge >= 0.3 is 11.7 Å². The first-order chi connectivity index (χ1) is 16.1. The number of H-pyrrole nitrogens is 2. The minimum absolute atomic E-state index is 0.0656. The minimum atomic E-state index is -0.526. The van der Waals surface area contributed by atoms with Gasteiger partial charge in [-0.25, -0.2) is 9.79 Å². The number of ether oxygens (including phenoxy) is 1. The Bertz CT molecular complexity index is 1640. The number of para-hydroxylation sites is 1. The number of aromatic nitrogens is 7. The van der Waals surface area contributed by atoms with Crippen molar-refractivity contribution in [2.75, 3.05) is 0 Å². The van der Waals surface area contributed by atoms with Crippen molar-refractivity contribution in [3.05, 3.63) is 69.7 Å².